The minimum absolute atomic E-state index is 0.0289. The highest BCUT2D eigenvalue weighted by Gasteiger charge is 2.23. The van der Waals surface area contributed by atoms with Crippen molar-refractivity contribution in [3.05, 3.63) is 86.2 Å². The number of thiophene rings is 1. The second kappa shape index (κ2) is 11.6. The lowest BCUT2D eigenvalue weighted by atomic mass is 9.96. The van der Waals surface area contributed by atoms with Crippen molar-refractivity contribution in [2.24, 2.45) is 0 Å². The lowest BCUT2D eigenvalue weighted by molar-refractivity contribution is -0.113. The van der Waals surface area contributed by atoms with Crippen molar-refractivity contribution < 1.29 is 4.79 Å². The first-order valence-corrected chi connectivity index (χ1v) is 14.5. The summed E-state index contributed by atoms with van der Waals surface area (Å²) in [6, 6.07) is 21.0. The Morgan fingerprint density at radius 1 is 1.00 bits per heavy atom. The molecule has 9 heteroatoms. The number of nitriles is 2. The summed E-state index contributed by atoms with van der Waals surface area (Å²) in [6.45, 7) is 0. The summed E-state index contributed by atoms with van der Waals surface area (Å²) in [5.41, 5.74) is 4.79. The van der Waals surface area contributed by atoms with Crippen molar-refractivity contribution in [2.75, 3.05) is 11.1 Å². The Labute approximate surface area is 239 Å². The van der Waals surface area contributed by atoms with E-state index in [2.05, 4.69) is 17.5 Å². The van der Waals surface area contributed by atoms with Crippen LogP contribution in [0, 0.1) is 22.7 Å². The number of pyridine rings is 1. The summed E-state index contributed by atoms with van der Waals surface area (Å²) in [5, 5.41) is 24.9. The molecule has 188 valence electrons. The van der Waals surface area contributed by atoms with E-state index in [1.54, 1.807) is 18.2 Å². The van der Waals surface area contributed by atoms with E-state index in [0.29, 0.717) is 48.0 Å². The Morgan fingerprint density at radius 2 is 1.74 bits per heavy atom. The van der Waals surface area contributed by atoms with Crippen molar-refractivity contribution in [3.8, 4) is 34.5 Å². The molecule has 5 nitrogen and oxygen atoms in total. The van der Waals surface area contributed by atoms with E-state index in [1.165, 1.54) is 28.0 Å². The number of benzene rings is 2. The third kappa shape index (κ3) is 5.43. The number of carbonyl (C=O) groups excluding carboxylic acids is 1. The summed E-state index contributed by atoms with van der Waals surface area (Å²) in [4.78, 5) is 18.9. The Morgan fingerprint density at radius 3 is 2.47 bits per heavy atom. The predicted octanol–water partition coefficient (Wildman–Crippen LogP) is 8.14. The third-order valence-corrected chi connectivity index (χ3v) is 9.04. The molecule has 0 aliphatic heterocycles. The molecule has 2 heterocycles. The van der Waals surface area contributed by atoms with Crippen LogP contribution in [0.4, 0.5) is 5.00 Å². The fourth-order valence-corrected chi connectivity index (χ4v) is 6.89. The molecule has 2 aromatic carbocycles. The number of nitrogens with zero attached hydrogens (tertiary/aromatic N) is 3. The van der Waals surface area contributed by atoms with Crippen LogP contribution in [-0.2, 0) is 17.6 Å². The van der Waals surface area contributed by atoms with Gasteiger partial charge in [0.15, 0.2) is 0 Å². The van der Waals surface area contributed by atoms with Gasteiger partial charge >= 0.3 is 0 Å². The van der Waals surface area contributed by atoms with Gasteiger partial charge in [-0.3, -0.25) is 4.79 Å². The van der Waals surface area contributed by atoms with E-state index in [9.17, 15) is 15.3 Å². The van der Waals surface area contributed by atoms with Gasteiger partial charge in [0.25, 0.3) is 0 Å². The second-order valence-corrected chi connectivity index (χ2v) is 11.6. The molecule has 0 atom stereocenters. The average Bonchev–Trinajstić information content (AvgIpc) is 3.28. The highest BCUT2D eigenvalue weighted by atomic mass is 35.5. The number of carbonyl (C=O) groups is 1. The SMILES string of the molecule is N#Cc1c(-c2ccccc2Cl)cc(-c2ccc(Cl)cc2)nc1SCC(=O)Nc1sc2c(c1C#N)CCCC2. The third-order valence-electron chi connectivity index (χ3n) is 6.28. The van der Waals surface area contributed by atoms with Gasteiger partial charge in [-0.15, -0.1) is 11.3 Å². The highest BCUT2D eigenvalue weighted by molar-refractivity contribution is 8.00. The average molecular weight is 576 g/mol. The van der Waals surface area contributed by atoms with Crippen LogP contribution in [0.25, 0.3) is 22.4 Å². The molecule has 0 saturated carbocycles. The number of amides is 1. The molecule has 1 aliphatic carbocycles. The van der Waals surface area contributed by atoms with Crippen molar-refractivity contribution >= 4 is 57.2 Å². The van der Waals surface area contributed by atoms with Crippen LogP contribution in [0.2, 0.25) is 10.0 Å². The second-order valence-electron chi connectivity index (χ2n) is 8.70. The number of aromatic nitrogens is 1. The molecule has 0 spiro atoms. The van der Waals surface area contributed by atoms with Crippen LogP contribution in [-0.4, -0.2) is 16.6 Å². The van der Waals surface area contributed by atoms with Crippen molar-refractivity contribution in [1.82, 2.24) is 4.98 Å². The number of rotatable bonds is 6. The van der Waals surface area contributed by atoms with E-state index < -0.39 is 0 Å². The van der Waals surface area contributed by atoms with Crippen LogP contribution >= 0.6 is 46.3 Å². The largest absolute Gasteiger partial charge is 0.316 e. The molecule has 0 bridgehead atoms. The summed E-state index contributed by atoms with van der Waals surface area (Å²) in [6.07, 6.45) is 3.97. The molecular weight excluding hydrogens is 555 g/mol. The quantitative estimate of drug-likeness (QED) is 0.235. The number of anilines is 1. The number of hydrogen-bond acceptors (Lipinski definition) is 6. The molecule has 1 N–H and O–H groups in total. The molecular formula is C29H20Cl2N4OS2. The summed E-state index contributed by atoms with van der Waals surface area (Å²) in [5.74, 6) is -0.229. The Balaban J connectivity index is 1.47. The van der Waals surface area contributed by atoms with Crippen molar-refractivity contribution in [1.29, 1.82) is 10.5 Å². The van der Waals surface area contributed by atoms with Crippen LogP contribution in [0.15, 0.2) is 59.6 Å². The Bertz CT molecular complexity index is 1620. The van der Waals surface area contributed by atoms with Gasteiger partial charge in [0, 0.05) is 31.6 Å². The van der Waals surface area contributed by atoms with Gasteiger partial charge in [-0.25, -0.2) is 4.98 Å². The van der Waals surface area contributed by atoms with Crippen molar-refractivity contribution in [2.45, 2.75) is 30.7 Å². The van der Waals surface area contributed by atoms with Gasteiger partial charge in [-0.2, -0.15) is 10.5 Å². The first-order valence-electron chi connectivity index (χ1n) is 11.9. The number of halogens is 2. The first kappa shape index (κ1) is 26.3. The Kier molecular flexibility index (Phi) is 8.02. The van der Waals surface area contributed by atoms with Gasteiger partial charge in [0.1, 0.15) is 22.2 Å². The van der Waals surface area contributed by atoms with Gasteiger partial charge in [0.05, 0.1) is 22.6 Å². The van der Waals surface area contributed by atoms with Crippen LogP contribution in [0.1, 0.15) is 34.4 Å². The van der Waals surface area contributed by atoms with Gasteiger partial charge in [0.2, 0.25) is 5.91 Å². The fraction of sp³-hybridized carbons (Fsp3) is 0.172. The molecule has 1 aliphatic rings. The van der Waals surface area contributed by atoms with Crippen molar-refractivity contribution in [3.63, 3.8) is 0 Å². The molecule has 0 radical (unpaired) electrons. The van der Waals surface area contributed by atoms with Crippen LogP contribution in [0.5, 0.6) is 0 Å². The number of thioether (sulfide) groups is 1. The minimum Gasteiger partial charge on any atom is -0.316 e. The number of fused-ring (bicyclic) bond motifs is 1. The standard InChI is InChI=1S/C29H20Cl2N4OS2/c30-18-11-9-17(10-12-18)25-13-21(19-5-1-3-7-24(19)31)23(15-33)28(34-25)37-16-27(36)35-29-22(14-32)20-6-2-4-8-26(20)38-29/h1,3,5,7,9-13H,2,4,6,8,16H2,(H,35,36). The Hall–Kier alpha value is -3.33. The number of aryl methyl sites for hydroxylation is 1. The van der Waals surface area contributed by atoms with E-state index in [0.717, 1.165) is 36.8 Å². The molecule has 38 heavy (non-hydrogen) atoms. The molecule has 2 aromatic heterocycles. The molecule has 0 fully saturated rings. The van der Waals surface area contributed by atoms with Crippen LogP contribution in [0.3, 0.4) is 0 Å². The topological polar surface area (TPSA) is 89.6 Å². The first-order chi connectivity index (χ1) is 18.5. The smallest absolute Gasteiger partial charge is 0.235 e. The van der Waals surface area contributed by atoms with Gasteiger partial charge in [-0.05, 0) is 55.5 Å². The number of hydrogen-bond donors (Lipinski definition) is 1. The number of nitrogens with one attached hydrogen (secondary N) is 1. The molecule has 0 unspecified atom stereocenters. The summed E-state index contributed by atoms with van der Waals surface area (Å²) < 4.78 is 0. The van der Waals surface area contributed by atoms with E-state index >= 15 is 0 Å². The monoisotopic (exact) mass is 574 g/mol. The van der Waals surface area contributed by atoms with Gasteiger partial charge < -0.3 is 5.32 Å². The molecule has 4 aromatic rings. The normalized spacial score (nSPS) is 12.3. The lowest BCUT2D eigenvalue weighted by Crippen LogP contribution is -2.14. The van der Waals surface area contributed by atoms with Crippen LogP contribution < -0.4 is 5.32 Å². The maximum Gasteiger partial charge on any atom is 0.235 e. The zero-order valence-electron chi connectivity index (χ0n) is 20.1. The summed E-state index contributed by atoms with van der Waals surface area (Å²) >= 11 is 15.3. The molecule has 0 saturated heterocycles. The zero-order chi connectivity index (χ0) is 26.6. The van der Waals surface area contributed by atoms with E-state index in [4.69, 9.17) is 28.2 Å². The fourth-order valence-electron chi connectivity index (χ4n) is 4.46. The summed E-state index contributed by atoms with van der Waals surface area (Å²) in [7, 11) is 0. The zero-order valence-corrected chi connectivity index (χ0v) is 23.2. The maximum absolute atomic E-state index is 13.0. The highest BCUT2D eigenvalue weighted by Crippen LogP contribution is 2.39. The molecule has 1 amide bonds. The van der Waals surface area contributed by atoms with E-state index in [-0.39, 0.29) is 11.7 Å². The minimum atomic E-state index is -0.257. The maximum atomic E-state index is 13.0. The molecule has 5 rings (SSSR count). The predicted molar refractivity (Wildman–Crippen MR) is 155 cm³/mol. The van der Waals surface area contributed by atoms with E-state index in [1.807, 2.05) is 36.4 Å². The van der Waals surface area contributed by atoms with Gasteiger partial charge in [-0.1, -0.05) is 65.3 Å². The lowest BCUT2D eigenvalue weighted by Gasteiger charge is -2.13.